The number of amides is 1. The zero-order valence-corrected chi connectivity index (χ0v) is 18.9. The third-order valence-corrected chi connectivity index (χ3v) is 5.59. The molecular weight excluding hydrogens is 408 g/mol. The maximum absolute atomic E-state index is 13.5. The molecule has 0 aliphatic carbocycles. The van der Waals surface area contributed by atoms with Crippen molar-refractivity contribution in [2.45, 2.75) is 66.1 Å². The van der Waals surface area contributed by atoms with E-state index in [0.29, 0.717) is 29.2 Å². The van der Waals surface area contributed by atoms with Crippen molar-refractivity contribution in [3.05, 3.63) is 52.2 Å². The summed E-state index contributed by atoms with van der Waals surface area (Å²) in [7, 11) is 0. The van der Waals surface area contributed by atoms with Crippen LogP contribution in [0.1, 0.15) is 50.9 Å². The summed E-state index contributed by atoms with van der Waals surface area (Å²) in [5.74, 6) is 0.829. The average molecular weight is 437 g/mol. The van der Waals surface area contributed by atoms with Gasteiger partial charge in [0.05, 0.1) is 11.8 Å². The molecule has 0 bridgehead atoms. The Morgan fingerprint density at radius 3 is 2.84 bits per heavy atom. The minimum Gasteiger partial charge on any atom is -0.352 e. The second-order valence-corrected chi connectivity index (χ2v) is 8.21. The monoisotopic (exact) mass is 436 g/mol. The molecule has 3 aromatic heterocycles. The molecule has 9 heteroatoms. The molecule has 0 fully saturated rings. The highest BCUT2D eigenvalue weighted by molar-refractivity contribution is 6.06. The Balaban J connectivity index is 1.80. The molecule has 0 aliphatic heterocycles. The zero-order valence-electron chi connectivity index (χ0n) is 18.9. The van der Waals surface area contributed by atoms with E-state index in [2.05, 4.69) is 20.4 Å². The molecule has 0 aliphatic rings. The van der Waals surface area contributed by atoms with E-state index in [1.165, 1.54) is 10.9 Å². The van der Waals surface area contributed by atoms with E-state index in [1.54, 1.807) is 4.57 Å². The number of rotatable bonds is 8. The van der Waals surface area contributed by atoms with Crippen LogP contribution in [0.4, 0.5) is 0 Å². The molecule has 9 nitrogen and oxygen atoms in total. The number of aryl methyl sites for hydroxylation is 2. The van der Waals surface area contributed by atoms with Crippen LogP contribution in [0.5, 0.6) is 0 Å². The summed E-state index contributed by atoms with van der Waals surface area (Å²) < 4.78 is 8.49. The van der Waals surface area contributed by atoms with E-state index in [4.69, 9.17) is 4.52 Å². The maximum Gasteiger partial charge on any atom is 0.278 e. The van der Waals surface area contributed by atoms with Crippen LogP contribution in [0.25, 0.3) is 21.9 Å². The third kappa shape index (κ3) is 4.15. The lowest BCUT2D eigenvalue weighted by atomic mass is 10.1. The zero-order chi connectivity index (χ0) is 22.8. The molecule has 1 unspecified atom stereocenters. The number of hydrogen-bond donors (Lipinski definition) is 1. The number of carbonyl (C=O) groups excluding carboxylic acids is 1. The Hall–Kier alpha value is -3.49. The predicted octanol–water partition coefficient (Wildman–Crippen LogP) is 2.96. The van der Waals surface area contributed by atoms with Crippen molar-refractivity contribution in [3.63, 3.8) is 0 Å². The van der Waals surface area contributed by atoms with Crippen molar-refractivity contribution in [1.29, 1.82) is 0 Å². The minimum absolute atomic E-state index is 0.0372. The first-order chi connectivity index (χ1) is 15.4. The number of nitrogens with zero attached hydrogens (tertiary/aromatic N) is 5. The van der Waals surface area contributed by atoms with Gasteiger partial charge in [0.2, 0.25) is 11.8 Å². The molecule has 1 atom stereocenters. The summed E-state index contributed by atoms with van der Waals surface area (Å²) in [6, 6.07) is 5.95. The van der Waals surface area contributed by atoms with Crippen LogP contribution in [0.3, 0.4) is 0 Å². The van der Waals surface area contributed by atoms with E-state index in [9.17, 15) is 9.59 Å². The largest absolute Gasteiger partial charge is 0.352 e. The van der Waals surface area contributed by atoms with E-state index < -0.39 is 0 Å². The number of carbonyl (C=O) groups is 1. The van der Waals surface area contributed by atoms with Gasteiger partial charge in [-0.05, 0) is 38.8 Å². The maximum atomic E-state index is 13.5. The smallest absolute Gasteiger partial charge is 0.278 e. The Morgan fingerprint density at radius 2 is 2.09 bits per heavy atom. The Morgan fingerprint density at radius 1 is 1.28 bits per heavy atom. The summed E-state index contributed by atoms with van der Waals surface area (Å²) in [6.07, 6.45) is 3.95. The molecule has 1 N–H and O–H groups in total. The van der Waals surface area contributed by atoms with Gasteiger partial charge >= 0.3 is 0 Å². The second-order valence-electron chi connectivity index (χ2n) is 8.21. The van der Waals surface area contributed by atoms with Crippen molar-refractivity contribution in [2.24, 2.45) is 0 Å². The van der Waals surface area contributed by atoms with Crippen LogP contribution in [-0.2, 0) is 24.3 Å². The first-order valence-corrected chi connectivity index (χ1v) is 11.0. The highest BCUT2D eigenvalue weighted by Crippen LogP contribution is 2.26. The molecule has 1 amide bonds. The van der Waals surface area contributed by atoms with Crippen molar-refractivity contribution >= 4 is 27.8 Å². The normalized spacial score (nSPS) is 12.5. The number of fused-ring (bicyclic) bond motifs is 3. The fraction of sp³-hybridized carbons (Fsp3) is 0.435. The molecule has 168 valence electrons. The molecule has 0 saturated carbocycles. The lowest BCUT2D eigenvalue weighted by molar-refractivity contribution is -0.122. The van der Waals surface area contributed by atoms with Crippen LogP contribution >= 0.6 is 0 Å². The topological polar surface area (TPSA) is 108 Å². The predicted molar refractivity (Wildman–Crippen MR) is 122 cm³/mol. The van der Waals surface area contributed by atoms with Gasteiger partial charge in [0.1, 0.15) is 24.1 Å². The van der Waals surface area contributed by atoms with Crippen molar-refractivity contribution in [1.82, 2.24) is 29.6 Å². The molecule has 4 rings (SSSR count). The van der Waals surface area contributed by atoms with E-state index in [-0.39, 0.29) is 30.6 Å². The summed E-state index contributed by atoms with van der Waals surface area (Å²) in [5, 5.41) is 7.78. The summed E-state index contributed by atoms with van der Waals surface area (Å²) in [6.45, 7) is 8.16. The molecule has 3 heterocycles. The Labute approximate surface area is 185 Å². The third-order valence-electron chi connectivity index (χ3n) is 5.59. The van der Waals surface area contributed by atoms with Crippen LogP contribution in [-0.4, -0.2) is 36.2 Å². The van der Waals surface area contributed by atoms with Gasteiger partial charge in [0.25, 0.3) is 5.56 Å². The van der Waals surface area contributed by atoms with E-state index in [0.717, 1.165) is 29.3 Å². The molecule has 0 spiro atoms. The van der Waals surface area contributed by atoms with Crippen molar-refractivity contribution < 1.29 is 9.32 Å². The van der Waals surface area contributed by atoms with Crippen LogP contribution in [0.2, 0.25) is 0 Å². The Kier molecular flexibility index (Phi) is 6.07. The minimum atomic E-state index is -0.254. The number of benzene rings is 1. The van der Waals surface area contributed by atoms with Crippen molar-refractivity contribution in [3.8, 4) is 0 Å². The number of hydrogen-bond acceptors (Lipinski definition) is 6. The van der Waals surface area contributed by atoms with Gasteiger partial charge in [-0.25, -0.2) is 4.98 Å². The summed E-state index contributed by atoms with van der Waals surface area (Å²) >= 11 is 0. The van der Waals surface area contributed by atoms with Gasteiger partial charge < -0.3 is 14.4 Å². The average Bonchev–Trinajstić information content (AvgIpc) is 3.32. The first kappa shape index (κ1) is 21.7. The van der Waals surface area contributed by atoms with Gasteiger partial charge in [0, 0.05) is 17.8 Å². The van der Waals surface area contributed by atoms with Gasteiger partial charge in [-0.15, -0.1) is 0 Å². The van der Waals surface area contributed by atoms with E-state index >= 15 is 0 Å². The molecular formula is C23H28N6O3. The fourth-order valence-corrected chi connectivity index (χ4v) is 3.78. The number of aromatic nitrogens is 5. The highest BCUT2D eigenvalue weighted by Gasteiger charge is 2.20. The van der Waals surface area contributed by atoms with Crippen LogP contribution in [0.15, 0.2) is 33.8 Å². The van der Waals surface area contributed by atoms with Gasteiger partial charge in [-0.3, -0.25) is 14.2 Å². The second kappa shape index (κ2) is 8.94. The van der Waals surface area contributed by atoms with Crippen LogP contribution < -0.4 is 10.9 Å². The summed E-state index contributed by atoms with van der Waals surface area (Å²) in [4.78, 5) is 35.1. The molecule has 4 aromatic rings. The summed E-state index contributed by atoms with van der Waals surface area (Å²) in [5.41, 5.74) is 2.57. The molecule has 32 heavy (non-hydrogen) atoms. The SMILES string of the molecule is CCCc1noc(Cn2cnc3c4cc(C)ccc4n(CC(=O)NC(C)CC)c3c2=O)n1. The first-order valence-electron chi connectivity index (χ1n) is 11.0. The van der Waals surface area contributed by atoms with Crippen LogP contribution in [0, 0.1) is 6.92 Å². The van der Waals surface area contributed by atoms with Crippen molar-refractivity contribution in [2.75, 3.05) is 0 Å². The lowest BCUT2D eigenvalue weighted by Gasteiger charge is -2.13. The van der Waals surface area contributed by atoms with Gasteiger partial charge in [-0.1, -0.05) is 30.6 Å². The number of nitrogens with one attached hydrogen (secondary N) is 1. The lowest BCUT2D eigenvalue weighted by Crippen LogP contribution is -2.35. The molecule has 0 saturated heterocycles. The van der Waals surface area contributed by atoms with Gasteiger partial charge in [0.15, 0.2) is 5.82 Å². The fourth-order valence-electron chi connectivity index (χ4n) is 3.78. The Bertz CT molecular complexity index is 1330. The quantitative estimate of drug-likeness (QED) is 0.455. The highest BCUT2D eigenvalue weighted by atomic mass is 16.5. The standard InChI is InChI=1S/C23H28N6O3/c1-5-7-18-26-20(32-27-18)12-28-13-24-21-16-10-14(3)8-9-17(16)29(22(21)23(28)31)11-19(30)25-15(4)6-2/h8-10,13,15H,5-7,11-12H2,1-4H3,(H,25,30). The van der Waals surface area contributed by atoms with Gasteiger partial charge in [-0.2, -0.15) is 4.98 Å². The van der Waals surface area contributed by atoms with E-state index in [1.807, 2.05) is 45.9 Å². The molecule has 0 radical (unpaired) electrons. The molecule has 1 aromatic carbocycles.